The zero-order valence-electron chi connectivity index (χ0n) is 14.2. The van der Waals surface area contributed by atoms with Gasteiger partial charge in [0.15, 0.2) is 0 Å². The number of aliphatic hydroxyl groups is 4. The van der Waals surface area contributed by atoms with Gasteiger partial charge in [-0.3, -0.25) is 10.1 Å². The quantitative estimate of drug-likeness (QED) is 0.102. The second-order valence-corrected chi connectivity index (χ2v) is 7.30. The summed E-state index contributed by atoms with van der Waals surface area (Å²) in [6, 6.07) is 4.56. The van der Waals surface area contributed by atoms with Crippen LogP contribution in [0.25, 0.3) is 6.08 Å². The molecule has 0 radical (unpaired) electrons. The molecule has 1 saturated heterocycles. The van der Waals surface area contributed by atoms with Crippen molar-refractivity contribution in [1.29, 1.82) is 0 Å². The number of urea groups is 1. The Kier molecular flexibility index (Phi) is 6.82. The maximum Gasteiger partial charge on any atom is 0.326 e. The van der Waals surface area contributed by atoms with Gasteiger partial charge in [0.1, 0.15) is 24.0 Å². The Bertz CT molecular complexity index is 897. The first-order chi connectivity index (χ1) is 13.1. The van der Waals surface area contributed by atoms with Crippen molar-refractivity contribution in [3.05, 3.63) is 35.5 Å². The van der Waals surface area contributed by atoms with Gasteiger partial charge in [0, 0.05) is 0 Å². The molecule has 2 rings (SSSR count). The largest absolute Gasteiger partial charge is 0.394 e. The number of hydrazone groups is 1. The highest BCUT2D eigenvalue weighted by molar-refractivity contribution is 7.89. The highest BCUT2D eigenvalue weighted by Gasteiger charge is 2.24. The van der Waals surface area contributed by atoms with Crippen LogP contribution in [-0.4, -0.2) is 71.9 Å². The molecule has 0 spiro atoms. The number of amides is 3. The third-order valence-electron chi connectivity index (χ3n) is 3.55. The van der Waals surface area contributed by atoms with Crippen LogP contribution >= 0.6 is 0 Å². The Morgan fingerprint density at radius 1 is 1.11 bits per heavy atom. The van der Waals surface area contributed by atoms with E-state index in [1.807, 2.05) is 10.1 Å². The second-order valence-electron chi connectivity index (χ2n) is 5.64. The molecule has 7 N–H and O–H groups in total. The zero-order chi connectivity index (χ0) is 20.9. The summed E-state index contributed by atoms with van der Waals surface area (Å²) in [6.45, 7) is -0.800. The number of hydrogen-bond donors (Lipinski definition) is 7. The van der Waals surface area contributed by atoms with Crippen molar-refractivity contribution in [3.8, 4) is 0 Å². The number of hydrogen-bond acceptors (Lipinski definition) is 9. The van der Waals surface area contributed by atoms with E-state index in [9.17, 15) is 33.3 Å². The number of nitrogens with one attached hydrogen (secondary N) is 3. The number of sulfonamides is 1. The van der Waals surface area contributed by atoms with Crippen LogP contribution in [0.5, 0.6) is 0 Å². The van der Waals surface area contributed by atoms with Gasteiger partial charge in [-0.2, -0.15) is 13.5 Å². The summed E-state index contributed by atoms with van der Waals surface area (Å²) in [7, 11) is -4.09. The molecular weight excluding hydrogens is 396 g/mol. The fourth-order valence-corrected chi connectivity index (χ4v) is 2.84. The Hall–Kier alpha value is -2.84. The standard InChI is InChI=1S/C15H18N4O8S/c20-7-12(22)13(23)11(21)6-16-19-28(26,27)9-3-1-8(2-4-9)5-10-14(24)18-15(25)17-10/h1-6,11-13,19-23H,7H2,(H2,17,18,24,25)/b10-5+,16-6-/t11-,12+,13-/m0/s1. The Morgan fingerprint density at radius 2 is 1.75 bits per heavy atom. The molecule has 1 aromatic rings. The smallest absolute Gasteiger partial charge is 0.326 e. The normalized spacial score (nSPS) is 19.4. The summed E-state index contributed by atoms with van der Waals surface area (Å²) < 4.78 is 24.3. The van der Waals surface area contributed by atoms with E-state index in [0.717, 1.165) is 0 Å². The molecule has 0 bridgehead atoms. The van der Waals surface area contributed by atoms with Gasteiger partial charge < -0.3 is 25.7 Å². The van der Waals surface area contributed by atoms with Gasteiger partial charge in [-0.15, -0.1) is 0 Å². The molecule has 1 aliphatic heterocycles. The first-order valence-electron chi connectivity index (χ1n) is 7.78. The van der Waals surface area contributed by atoms with Crippen LogP contribution in [-0.2, 0) is 14.8 Å². The topological polar surface area (TPSA) is 198 Å². The van der Waals surface area contributed by atoms with Crippen molar-refractivity contribution < 1.29 is 38.4 Å². The predicted molar refractivity (Wildman–Crippen MR) is 95.0 cm³/mol. The molecule has 3 atom stereocenters. The maximum atomic E-state index is 12.1. The summed E-state index contributed by atoms with van der Waals surface area (Å²) in [6.07, 6.45) is -3.08. The monoisotopic (exact) mass is 414 g/mol. The second kappa shape index (κ2) is 8.90. The van der Waals surface area contributed by atoms with Gasteiger partial charge in [0.2, 0.25) is 0 Å². The fourth-order valence-electron chi connectivity index (χ4n) is 2.04. The summed E-state index contributed by atoms with van der Waals surface area (Å²) in [4.78, 5) is 24.1. The molecule has 0 aromatic heterocycles. The van der Waals surface area contributed by atoms with E-state index < -0.39 is 46.9 Å². The number of nitrogens with zero attached hydrogens (tertiary/aromatic N) is 1. The molecule has 1 heterocycles. The Balaban J connectivity index is 2.04. The number of aliphatic hydroxyl groups excluding tert-OH is 4. The predicted octanol–water partition coefficient (Wildman–Crippen LogP) is -2.79. The van der Waals surface area contributed by atoms with Gasteiger partial charge >= 0.3 is 6.03 Å². The SMILES string of the molecule is O=C1NC(=O)/C(=C\c2ccc(S(=O)(=O)N/N=C\[C@H](O)[C@H](O)[C@H](O)CO)cc2)N1. The fraction of sp³-hybridized carbons (Fsp3) is 0.267. The zero-order valence-corrected chi connectivity index (χ0v) is 15.0. The molecule has 3 amide bonds. The first kappa shape index (κ1) is 21.5. The van der Waals surface area contributed by atoms with Crippen LogP contribution in [0.15, 0.2) is 40.0 Å². The average Bonchev–Trinajstić information content (AvgIpc) is 2.97. The van der Waals surface area contributed by atoms with E-state index in [0.29, 0.717) is 11.8 Å². The van der Waals surface area contributed by atoms with Crippen molar-refractivity contribution in [2.24, 2.45) is 5.10 Å². The molecular formula is C15H18N4O8S. The van der Waals surface area contributed by atoms with Crippen molar-refractivity contribution in [2.45, 2.75) is 23.2 Å². The summed E-state index contributed by atoms with van der Waals surface area (Å²) in [5.74, 6) is -0.607. The number of carbonyl (C=O) groups is 2. The summed E-state index contributed by atoms with van der Waals surface area (Å²) in [5, 5.41) is 44.4. The van der Waals surface area contributed by atoms with E-state index in [1.54, 1.807) is 0 Å². The van der Waals surface area contributed by atoms with E-state index in [1.165, 1.54) is 30.3 Å². The lowest BCUT2D eigenvalue weighted by Crippen LogP contribution is -2.40. The minimum atomic E-state index is -4.09. The first-order valence-corrected chi connectivity index (χ1v) is 9.26. The van der Waals surface area contributed by atoms with Crippen molar-refractivity contribution in [3.63, 3.8) is 0 Å². The van der Waals surface area contributed by atoms with Crippen molar-refractivity contribution in [1.82, 2.24) is 15.5 Å². The van der Waals surface area contributed by atoms with E-state index in [4.69, 9.17) is 5.11 Å². The summed E-state index contributed by atoms with van der Waals surface area (Å²) >= 11 is 0. The molecule has 0 saturated carbocycles. The average molecular weight is 414 g/mol. The van der Waals surface area contributed by atoms with Crippen LogP contribution in [0.2, 0.25) is 0 Å². The van der Waals surface area contributed by atoms with Crippen LogP contribution in [0.3, 0.4) is 0 Å². The molecule has 0 unspecified atom stereocenters. The number of rotatable bonds is 8. The third kappa shape index (κ3) is 5.34. The van der Waals surface area contributed by atoms with E-state index >= 15 is 0 Å². The van der Waals surface area contributed by atoms with Crippen LogP contribution in [0, 0.1) is 0 Å². The Morgan fingerprint density at radius 3 is 2.29 bits per heavy atom. The minimum absolute atomic E-state index is 0.0148. The molecule has 1 fully saturated rings. The van der Waals surface area contributed by atoms with Gasteiger partial charge in [0.05, 0.1) is 17.7 Å². The number of benzene rings is 1. The van der Waals surface area contributed by atoms with Crippen LogP contribution in [0.1, 0.15) is 5.56 Å². The summed E-state index contributed by atoms with van der Waals surface area (Å²) in [5.41, 5.74) is 0.465. The molecule has 28 heavy (non-hydrogen) atoms. The van der Waals surface area contributed by atoms with Gasteiger partial charge in [0.25, 0.3) is 15.9 Å². The molecule has 0 aliphatic carbocycles. The lowest BCUT2D eigenvalue weighted by Gasteiger charge is -2.18. The van der Waals surface area contributed by atoms with Gasteiger partial charge in [-0.25, -0.2) is 9.63 Å². The van der Waals surface area contributed by atoms with Crippen molar-refractivity contribution in [2.75, 3.05) is 6.61 Å². The molecule has 1 aliphatic rings. The molecule has 12 nitrogen and oxygen atoms in total. The molecule has 1 aromatic carbocycles. The lowest BCUT2D eigenvalue weighted by atomic mass is 10.1. The van der Waals surface area contributed by atoms with E-state index in [2.05, 4.69) is 10.4 Å². The van der Waals surface area contributed by atoms with Crippen LogP contribution < -0.4 is 15.5 Å². The highest BCUT2D eigenvalue weighted by Crippen LogP contribution is 2.13. The van der Waals surface area contributed by atoms with E-state index in [-0.39, 0.29) is 10.6 Å². The number of carbonyl (C=O) groups excluding carboxylic acids is 2. The van der Waals surface area contributed by atoms with Gasteiger partial charge in [-0.05, 0) is 23.8 Å². The van der Waals surface area contributed by atoms with Crippen LogP contribution in [0.4, 0.5) is 4.79 Å². The third-order valence-corrected chi connectivity index (χ3v) is 4.79. The number of imide groups is 1. The van der Waals surface area contributed by atoms with Crippen molar-refractivity contribution >= 4 is 34.3 Å². The highest BCUT2D eigenvalue weighted by atomic mass is 32.2. The Labute approximate surface area is 159 Å². The maximum absolute atomic E-state index is 12.1. The minimum Gasteiger partial charge on any atom is -0.394 e. The lowest BCUT2D eigenvalue weighted by molar-refractivity contribution is -0.115. The molecule has 152 valence electrons. The van der Waals surface area contributed by atoms with Gasteiger partial charge in [-0.1, -0.05) is 12.1 Å². The molecule has 13 heteroatoms.